The summed E-state index contributed by atoms with van der Waals surface area (Å²) in [4.78, 5) is 34.9. The van der Waals surface area contributed by atoms with Crippen molar-refractivity contribution in [1.29, 1.82) is 0 Å². The lowest BCUT2D eigenvalue weighted by molar-refractivity contribution is 0.0739. The van der Waals surface area contributed by atoms with E-state index in [1.54, 1.807) is 22.8 Å². The second kappa shape index (κ2) is 5.40. The van der Waals surface area contributed by atoms with Crippen LogP contribution in [0.1, 0.15) is 50.8 Å². The molecule has 2 amide bonds. The number of rotatable bonds is 3. The maximum Gasteiger partial charge on any atom is 0.274 e. The van der Waals surface area contributed by atoms with Crippen LogP contribution in [0.5, 0.6) is 0 Å². The first-order valence-electron chi connectivity index (χ1n) is 7.96. The molecule has 0 aromatic carbocycles. The zero-order valence-electron chi connectivity index (χ0n) is 13.6. The monoisotopic (exact) mass is 326 g/mol. The number of nitrogens with zero attached hydrogens (tertiary/aromatic N) is 5. The van der Waals surface area contributed by atoms with Crippen molar-refractivity contribution in [3.05, 3.63) is 40.7 Å². The molecule has 2 aromatic rings. The van der Waals surface area contributed by atoms with Crippen molar-refractivity contribution in [3.8, 4) is 0 Å². The van der Waals surface area contributed by atoms with Gasteiger partial charge in [0.05, 0.1) is 30.7 Å². The van der Waals surface area contributed by atoms with Gasteiger partial charge in [-0.15, -0.1) is 0 Å². The van der Waals surface area contributed by atoms with Crippen LogP contribution in [-0.4, -0.2) is 42.5 Å². The lowest BCUT2D eigenvalue weighted by atomic mass is 10.2. The summed E-state index contributed by atoms with van der Waals surface area (Å²) in [7, 11) is 1.80. The van der Waals surface area contributed by atoms with Crippen molar-refractivity contribution in [3.63, 3.8) is 0 Å². The van der Waals surface area contributed by atoms with Crippen LogP contribution in [0.2, 0.25) is 0 Å². The van der Waals surface area contributed by atoms with E-state index in [9.17, 15) is 9.59 Å². The molecule has 8 heteroatoms. The van der Waals surface area contributed by atoms with Crippen molar-refractivity contribution >= 4 is 11.8 Å². The van der Waals surface area contributed by atoms with E-state index < -0.39 is 0 Å². The van der Waals surface area contributed by atoms with E-state index in [1.165, 1.54) is 6.20 Å². The maximum atomic E-state index is 12.6. The highest BCUT2D eigenvalue weighted by molar-refractivity contribution is 5.96. The van der Waals surface area contributed by atoms with Crippen molar-refractivity contribution in [2.75, 3.05) is 0 Å². The summed E-state index contributed by atoms with van der Waals surface area (Å²) in [5.41, 5.74) is 3.21. The van der Waals surface area contributed by atoms with Gasteiger partial charge in [0.15, 0.2) is 5.69 Å². The van der Waals surface area contributed by atoms with Gasteiger partial charge in [-0.3, -0.25) is 19.3 Å². The number of hydrogen-bond acceptors (Lipinski definition) is 5. The van der Waals surface area contributed by atoms with Gasteiger partial charge in [0, 0.05) is 24.8 Å². The molecule has 24 heavy (non-hydrogen) atoms. The van der Waals surface area contributed by atoms with E-state index in [0.29, 0.717) is 24.5 Å². The smallest absolute Gasteiger partial charge is 0.274 e. The summed E-state index contributed by atoms with van der Waals surface area (Å²) in [6.45, 7) is 2.61. The first-order valence-corrected chi connectivity index (χ1v) is 7.96. The van der Waals surface area contributed by atoms with Gasteiger partial charge in [0.1, 0.15) is 5.69 Å². The predicted molar refractivity (Wildman–Crippen MR) is 84.0 cm³/mol. The normalized spacial score (nSPS) is 16.2. The first-order chi connectivity index (χ1) is 11.5. The number of carbonyl (C=O) groups is 2. The molecule has 0 spiro atoms. The summed E-state index contributed by atoms with van der Waals surface area (Å²) >= 11 is 0. The fraction of sp³-hybridized carbons (Fsp3) is 0.438. The van der Waals surface area contributed by atoms with Crippen LogP contribution in [0.3, 0.4) is 0 Å². The Balaban J connectivity index is 1.56. The van der Waals surface area contributed by atoms with Crippen molar-refractivity contribution in [1.82, 2.24) is 30.0 Å². The molecule has 1 fully saturated rings. The quantitative estimate of drug-likeness (QED) is 0.890. The third kappa shape index (κ3) is 2.53. The van der Waals surface area contributed by atoms with Crippen LogP contribution in [0.15, 0.2) is 12.4 Å². The van der Waals surface area contributed by atoms with Gasteiger partial charge in [-0.2, -0.15) is 5.10 Å². The third-order valence-corrected chi connectivity index (χ3v) is 4.38. The molecule has 4 rings (SSSR count). The minimum absolute atomic E-state index is 0.154. The molecule has 124 valence electrons. The van der Waals surface area contributed by atoms with Gasteiger partial charge in [-0.25, -0.2) is 4.98 Å². The van der Waals surface area contributed by atoms with Crippen LogP contribution in [-0.2, 0) is 20.1 Å². The summed E-state index contributed by atoms with van der Waals surface area (Å²) in [6.07, 6.45) is 5.11. The highest BCUT2D eigenvalue weighted by Gasteiger charge is 2.34. The lowest BCUT2D eigenvalue weighted by Crippen LogP contribution is -2.29. The second-order valence-electron chi connectivity index (χ2n) is 6.35. The minimum atomic E-state index is -0.188. The zero-order valence-corrected chi connectivity index (χ0v) is 13.6. The SMILES string of the molecule is Cc1cnc(C(=O)N2Cc3c(C(=O)NC4CC4)nn(C)c3C2)cn1. The van der Waals surface area contributed by atoms with E-state index in [1.807, 2.05) is 6.92 Å². The second-order valence-corrected chi connectivity index (χ2v) is 6.35. The molecule has 1 aliphatic carbocycles. The van der Waals surface area contributed by atoms with Crippen LogP contribution in [0.4, 0.5) is 0 Å². The molecule has 1 saturated carbocycles. The Morgan fingerprint density at radius 2 is 2.00 bits per heavy atom. The van der Waals surface area contributed by atoms with E-state index in [-0.39, 0.29) is 17.9 Å². The molecule has 2 aromatic heterocycles. The number of aromatic nitrogens is 4. The Kier molecular flexibility index (Phi) is 3.33. The van der Waals surface area contributed by atoms with Crippen LogP contribution < -0.4 is 5.32 Å². The summed E-state index contributed by atoms with van der Waals surface area (Å²) in [5, 5.41) is 7.28. The Bertz CT molecular complexity index is 822. The Labute approximate surface area is 138 Å². The number of aryl methyl sites for hydroxylation is 2. The average molecular weight is 326 g/mol. The average Bonchev–Trinajstić information content (AvgIpc) is 3.17. The molecule has 0 unspecified atom stereocenters. The van der Waals surface area contributed by atoms with Gasteiger partial charge in [0.2, 0.25) is 0 Å². The molecule has 2 aliphatic rings. The van der Waals surface area contributed by atoms with Gasteiger partial charge in [0.25, 0.3) is 11.8 Å². The molecule has 0 bridgehead atoms. The molecule has 0 saturated heterocycles. The van der Waals surface area contributed by atoms with Gasteiger partial charge in [-0.1, -0.05) is 0 Å². The first kappa shape index (κ1) is 14.8. The van der Waals surface area contributed by atoms with E-state index >= 15 is 0 Å². The number of nitrogens with one attached hydrogen (secondary N) is 1. The van der Waals surface area contributed by atoms with Gasteiger partial charge >= 0.3 is 0 Å². The number of carbonyl (C=O) groups excluding carboxylic acids is 2. The molecular weight excluding hydrogens is 308 g/mol. The van der Waals surface area contributed by atoms with Crippen LogP contribution in [0, 0.1) is 6.92 Å². The largest absolute Gasteiger partial charge is 0.348 e. The van der Waals surface area contributed by atoms with Gasteiger partial charge < -0.3 is 10.2 Å². The van der Waals surface area contributed by atoms with E-state index in [4.69, 9.17) is 0 Å². The van der Waals surface area contributed by atoms with Crippen LogP contribution >= 0.6 is 0 Å². The lowest BCUT2D eigenvalue weighted by Gasteiger charge is -2.15. The molecule has 3 heterocycles. The molecule has 0 radical (unpaired) electrons. The fourth-order valence-corrected chi connectivity index (χ4v) is 2.87. The predicted octanol–water partition coefficient (Wildman–Crippen LogP) is 0.567. The summed E-state index contributed by atoms with van der Waals surface area (Å²) in [6, 6.07) is 0.275. The van der Waals surface area contributed by atoms with Crippen LogP contribution in [0.25, 0.3) is 0 Å². The zero-order chi connectivity index (χ0) is 16.8. The molecule has 1 aliphatic heterocycles. The minimum Gasteiger partial charge on any atom is -0.348 e. The molecule has 0 atom stereocenters. The number of amides is 2. The highest BCUT2D eigenvalue weighted by Crippen LogP contribution is 2.27. The summed E-state index contributed by atoms with van der Waals surface area (Å²) in [5.74, 6) is -0.342. The Hall–Kier alpha value is -2.77. The fourth-order valence-electron chi connectivity index (χ4n) is 2.87. The maximum absolute atomic E-state index is 12.6. The van der Waals surface area contributed by atoms with E-state index in [0.717, 1.165) is 29.8 Å². The number of hydrogen-bond donors (Lipinski definition) is 1. The van der Waals surface area contributed by atoms with Crippen molar-refractivity contribution < 1.29 is 9.59 Å². The van der Waals surface area contributed by atoms with Gasteiger partial charge in [-0.05, 0) is 19.8 Å². The Morgan fingerprint density at radius 1 is 1.21 bits per heavy atom. The molecule has 1 N–H and O–H groups in total. The summed E-state index contributed by atoms with van der Waals surface area (Å²) < 4.78 is 1.69. The van der Waals surface area contributed by atoms with Crippen molar-refractivity contribution in [2.24, 2.45) is 7.05 Å². The molecule has 8 nitrogen and oxygen atoms in total. The Morgan fingerprint density at radius 3 is 2.67 bits per heavy atom. The third-order valence-electron chi connectivity index (χ3n) is 4.38. The standard InChI is InChI=1S/C16H18N6O2/c1-9-5-18-12(6-17-9)16(24)22-7-11-13(8-22)21(2)20-14(11)15(23)19-10-3-4-10/h5-6,10H,3-4,7-8H2,1-2H3,(H,19,23). The highest BCUT2D eigenvalue weighted by atomic mass is 16.2. The number of fused-ring (bicyclic) bond motifs is 1. The molecular formula is C16H18N6O2. The van der Waals surface area contributed by atoms with E-state index in [2.05, 4.69) is 20.4 Å². The van der Waals surface area contributed by atoms with Crippen molar-refractivity contribution in [2.45, 2.75) is 38.9 Å². The topological polar surface area (TPSA) is 93.0 Å².